The Labute approximate surface area is 137 Å². The van der Waals surface area contributed by atoms with Gasteiger partial charge in [0.25, 0.3) is 5.91 Å². The lowest BCUT2D eigenvalue weighted by Gasteiger charge is -2.28. The third-order valence-electron chi connectivity index (χ3n) is 3.41. The highest BCUT2D eigenvalue weighted by molar-refractivity contribution is 6.30. The van der Waals surface area contributed by atoms with Crippen LogP contribution < -0.4 is 10.6 Å². The van der Waals surface area contributed by atoms with Crippen LogP contribution >= 0.6 is 24.0 Å². The van der Waals surface area contributed by atoms with E-state index in [9.17, 15) is 4.79 Å². The number of carbonyl (C=O) groups is 1. The maximum atomic E-state index is 12.3. The summed E-state index contributed by atoms with van der Waals surface area (Å²) in [7, 11) is 0. The standard InChI is InChI=1S/C15H21ClN2O2.ClH/c1-10(2)14(11-3-5-12(16)6-4-11)18-15(19)13-9-17-7-8-20-13;/h3-6,10,13-14,17H,7-9H2,1-2H3,(H,18,19);1H. The molecule has 1 amide bonds. The Hall–Kier alpha value is -0.810. The van der Waals surface area contributed by atoms with Gasteiger partial charge in [0.15, 0.2) is 0 Å². The molecule has 2 atom stereocenters. The van der Waals surface area contributed by atoms with Gasteiger partial charge in [-0.2, -0.15) is 0 Å². The SMILES string of the molecule is CC(C)C(NC(=O)C1CNCCO1)c1ccc(Cl)cc1.Cl. The van der Waals surface area contributed by atoms with Gasteiger partial charge in [-0.25, -0.2) is 0 Å². The zero-order valence-corrected chi connectivity index (χ0v) is 13.8. The Morgan fingerprint density at radius 1 is 1.38 bits per heavy atom. The molecule has 1 heterocycles. The van der Waals surface area contributed by atoms with E-state index in [-0.39, 0.29) is 30.3 Å². The number of benzene rings is 1. The highest BCUT2D eigenvalue weighted by atomic mass is 35.5. The number of amides is 1. The van der Waals surface area contributed by atoms with E-state index in [2.05, 4.69) is 24.5 Å². The highest BCUT2D eigenvalue weighted by Gasteiger charge is 2.26. The van der Waals surface area contributed by atoms with E-state index in [0.717, 1.165) is 12.1 Å². The normalized spacial score (nSPS) is 19.7. The van der Waals surface area contributed by atoms with Crippen molar-refractivity contribution in [1.29, 1.82) is 0 Å². The molecule has 1 aromatic rings. The topological polar surface area (TPSA) is 50.4 Å². The van der Waals surface area contributed by atoms with Crippen LogP contribution in [-0.4, -0.2) is 31.7 Å². The lowest BCUT2D eigenvalue weighted by atomic mass is 9.96. The van der Waals surface area contributed by atoms with Gasteiger partial charge in [-0.05, 0) is 23.6 Å². The minimum atomic E-state index is -0.405. The van der Waals surface area contributed by atoms with Gasteiger partial charge in [0.1, 0.15) is 6.10 Å². The minimum absolute atomic E-state index is 0. The molecule has 1 aromatic carbocycles. The van der Waals surface area contributed by atoms with Crippen molar-refractivity contribution < 1.29 is 9.53 Å². The van der Waals surface area contributed by atoms with Crippen molar-refractivity contribution in [2.45, 2.75) is 26.0 Å². The summed E-state index contributed by atoms with van der Waals surface area (Å²) in [5, 5.41) is 6.93. The average molecular weight is 333 g/mol. The van der Waals surface area contributed by atoms with Gasteiger partial charge in [0, 0.05) is 18.1 Å². The van der Waals surface area contributed by atoms with Gasteiger partial charge in [0.05, 0.1) is 12.6 Å². The van der Waals surface area contributed by atoms with E-state index in [0.29, 0.717) is 18.2 Å². The number of hydrogen-bond acceptors (Lipinski definition) is 3. The monoisotopic (exact) mass is 332 g/mol. The van der Waals surface area contributed by atoms with Gasteiger partial charge >= 0.3 is 0 Å². The molecule has 4 nitrogen and oxygen atoms in total. The number of hydrogen-bond donors (Lipinski definition) is 2. The van der Waals surface area contributed by atoms with Crippen molar-refractivity contribution in [2.75, 3.05) is 19.7 Å². The zero-order valence-electron chi connectivity index (χ0n) is 12.3. The van der Waals surface area contributed by atoms with Crippen molar-refractivity contribution in [3.63, 3.8) is 0 Å². The second kappa shape index (κ2) is 8.59. The average Bonchev–Trinajstić information content (AvgIpc) is 2.46. The summed E-state index contributed by atoms with van der Waals surface area (Å²) >= 11 is 5.91. The molecule has 2 N–H and O–H groups in total. The summed E-state index contributed by atoms with van der Waals surface area (Å²) in [6.45, 7) is 6.11. The summed E-state index contributed by atoms with van der Waals surface area (Å²) < 4.78 is 5.48. The first kappa shape index (κ1) is 18.2. The minimum Gasteiger partial charge on any atom is -0.366 e. The van der Waals surface area contributed by atoms with Crippen LogP contribution in [0.4, 0.5) is 0 Å². The summed E-state index contributed by atoms with van der Waals surface area (Å²) in [6, 6.07) is 7.56. The number of nitrogens with one attached hydrogen (secondary N) is 2. The third-order valence-corrected chi connectivity index (χ3v) is 3.67. The Bertz CT molecular complexity index is 445. The molecule has 1 aliphatic rings. The number of morpholine rings is 1. The first-order valence-corrected chi connectivity index (χ1v) is 7.34. The maximum Gasteiger partial charge on any atom is 0.250 e. The van der Waals surface area contributed by atoms with Crippen LogP contribution in [0.5, 0.6) is 0 Å². The van der Waals surface area contributed by atoms with Gasteiger partial charge in [-0.15, -0.1) is 12.4 Å². The number of rotatable bonds is 4. The largest absolute Gasteiger partial charge is 0.366 e. The third kappa shape index (κ3) is 5.15. The number of ether oxygens (including phenoxy) is 1. The van der Waals surface area contributed by atoms with Crippen LogP contribution in [0.15, 0.2) is 24.3 Å². The highest BCUT2D eigenvalue weighted by Crippen LogP contribution is 2.23. The second-order valence-electron chi connectivity index (χ2n) is 5.35. The van der Waals surface area contributed by atoms with Crippen LogP contribution in [0.25, 0.3) is 0 Å². The molecule has 2 rings (SSSR count). The Morgan fingerprint density at radius 3 is 2.57 bits per heavy atom. The molecule has 0 spiro atoms. The van der Waals surface area contributed by atoms with E-state index < -0.39 is 6.10 Å². The van der Waals surface area contributed by atoms with E-state index in [4.69, 9.17) is 16.3 Å². The summed E-state index contributed by atoms with van der Waals surface area (Å²) in [5.74, 6) is 0.225. The molecule has 0 bridgehead atoms. The van der Waals surface area contributed by atoms with Crippen LogP contribution in [0.1, 0.15) is 25.5 Å². The molecular weight excluding hydrogens is 311 g/mol. The lowest BCUT2D eigenvalue weighted by molar-refractivity contribution is -0.135. The summed E-state index contributed by atoms with van der Waals surface area (Å²) in [6.07, 6.45) is -0.405. The van der Waals surface area contributed by atoms with Crippen LogP contribution in [0.2, 0.25) is 5.02 Å². The molecule has 6 heteroatoms. The van der Waals surface area contributed by atoms with Crippen molar-refractivity contribution in [3.8, 4) is 0 Å². The number of halogens is 2. The second-order valence-corrected chi connectivity index (χ2v) is 5.78. The Kier molecular flexibility index (Phi) is 7.46. The van der Waals surface area contributed by atoms with E-state index in [1.54, 1.807) is 0 Å². The molecule has 0 saturated carbocycles. The molecule has 2 unspecified atom stereocenters. The van der Waals surface area contributed by atoms with Crippen LogP contribution in [-0.2, 0) is 9.53 Å². The molecule has 0 radical (unpaired) electrons. The van der Waals surface area contributed by atoms with E-state index in [1.165, 1.54) is 0 Å². The predicted octanol–water partition coefficient (Wildman–Crippen LogP) is 2.56. The van der Waals surface area contributed by atoms with Crippen LogP contribution in [0, 0.1) is 5.92 Å². The van der Waals surface area contributed by atoms with Gasteiger partial charge in [-0.1, -0.05) is 37.6 Å². The molecular formula is C15H22Cl2N2O2. The molecule has 0 aromatic heterocycles. The fourth-order valence-electron chi connectivity index (χ4n) is 2.29. The van der Waals surface area contributed by atoms with Crippen LogP contribution in [0.3, 0.4) is 0 Å². The lowest BCUT2D eigenvalue weighted by Crippen LogP contribution is -2.49. The van der Waals surface area contributed by atoms with Crippen molar-refractivity contribution >= 4 is 29.9 Å². The first-order valence-electron chi connectivity index (χ1n) is 6.96. The fraction of sp³-hybridized carbons (Fsp3) is 0.533. The maximum absolute atomic E-state index is 12.3. The molecule has 1 saturated heterocycles. The Balaban J connectivity index is 0.00000220. The molecule has 1 aliphatic heterocycles. The zero-order chi connectivity index (χ0) is 14.5. The van der Waals surface area contributed by atoms with Crippen molar-refractivity contribution in [1.82, 2.24) is 10.6 Å². The molecule has 118 valence electrons. The quantitative estimate of drug-likeness (QED) is 0.890. The smallest absolute Gasteiger partial charge is 0.250 e. The van der Waals surface area contributed by atoms with Gasteiger partial charge in [0.2, 0.25) is 0 Å². The number of carbonyl (C=O) groups excluding carboxylic acids is 1. The fourth-order valence-corrected chi connectivity index (χ4v) is 2.41. The van der Waals surface area contributed by atoms with Crippen molar-refractivity contribution in [3.05, 3.63) is 34.9 Å². The first-order chi connectivity index (χ1) is 9.58. The van der Waals surface area contributed by atoms with E-state index >= 15 is 0 Å². The van der Waals surface area contributed by atoms with Gasteiger partial charge < -0.3 is 15.4 Å². The molecule has 21 heavy (non-hydrogen) atoms. The predicted molar refractivity (Wildman–Crippen MR) is 87.0 cm³/mol. The molecule has 0 aliphatic carbocycles. The summed E-state index contributed by atoms with van der Waals surface area (Å²) in [5.41, 5.74) is 1.06. The van der Waals surface area contributed by atoms with Gasteiger partial charge in [-0.3, -0.25) is 4.79 Å². The van der Waals surface area contributed by atoms with Crippen molar-refractivity contribution in [2.24, 2.45) is 5.92 Å². The Morgan fingerprint density at radius 2 is 2.05 bits per heavy atom. The molecule has 1 fully saturated rings. The summed E-state index contributed by atoms with van der Waals surface area (Å²) in [4.78, 5) is 12.3. The van der Waals surface area contributed by atoms with E-state index in [1.807, 2.05) is 24.3 Å².